The normalized spacial score (nSPS) is 21.6. The van der Waals surface area contributed by atoms with Crippen LogP contribution in [0.25, 0.3) is 0 Å². The average molecular weight is 332 g/mol. The van der Waals surface area contributed by atoms with E-state index in [0.29, 0.717) is 0 Å². The molecule has 2 heterocycles. The lowest BCUT2D eigenvalue weighted by atomic mass is 9.86. The molecule has 0 aromatic carbocycles. The monoisotopic (exact) mass is 331 g/mol. The fourth-order valence-electron chi connectivity index (χ4n) is 1.78. The van der Waals surface area contributed by atoms with E-state index >= 15 is 0 Å². The summed E-state index contributed by atoms with van der Waals surface area (Å²) in [5, 5.41) is 1.13. The molecule has 1 aliphatic heterocycles. The molecule has 0 bridgehead atoms. The Morgan fingerprint density at radius 3 is 2.28 bits per heavy atom. The van der Waals surface area contributed by atoms with Crippen LogP contribution in [0.15, 0.2) is 3.79 Å². The maximum atomic E-state index is 6.01. The molecule has 18 heavy (non-hydrogen) atoms. The quantitative estimate of drug-likeness (QED) is 0.797. The molecule has 1 aromatic rings. The van der Waals surface area contributed by atoms with Gasteiger partial charge >= 0.3 is 7.12 Å². The van der Waals surface area contributed by atoms with E-state index in [2.05, 4.69) is 55.5 Å². The van der Waals surface area contributed by atoms with Crippen LogP contribution in [0.3, 0.4) is 0 Å². The zero-order valence-electron chi connectivity index (χ0n) is 11.5. The molecule has 0 radical (unpaired) electrons. The fraction of sp³-hybridized carbons (Fsp3) is 0.750. The predicted molar refractivity (Wildman–Crippen MR) is 79.5 cm³/mol. The number of aryl methyl sites for hydroxylation is 1. The van der Waals surface area contributed by atoms with Gasteiger partial charge in [0, 0.05) is 0 Å². The summed E-state index contributed by atoms with van der Waals surface area (Å²) < 4.78 is 13.0. The number of halogens is 1. The number of hydrogen-bond donors (Lipinski definition) is 0. The fourth-order valence-corrected chi connectivity index (χ4v) is 3.52. The summed E-state index contributed by atoms with van der Waals surface area (Å²) in [5.41, 5.74) is 0.249. The van der Waals surface area contributed by atoms with E-state index in [1.165, 1.54) is 0 Å². The van der Waals surface area contributed by atoms with Crippen molar-refractivity contribution >= 4 is 40.0 Å². The van der Waals surface area contributed by atoms with Crippen LogP contribution < -0.4 is 5.59 Å². The number of thiazole rings is 1. The van der Waals surface area contributed by atoms with Gasteiger partial charge in [0.15, 0.2) is 0 Å². The van der Waals surface area contributed by atoms with E-state index in [9.17, 15) is 0 Å². The molecule has 0 spiro atoms. The molecule has 1 fully saturated rings. The molecule has 1 saturated heterocycles. The topological polar surface area (TPSA) is 31.4 Å². The van der Waals surface area contributed by atoms with Crippen molar-refractivity contribution in [1.29, 1.82) is 0 Å². The maximum Gasteiger partial charge on any atom is 0.516 e. The molecular weight excluding hydrogens is 313 g/mol. The van der Waals surface area contributed by atoms with Gasteiger partial charge in [-0.25, -0.2) is 4.98 Å². The second-order valence-corrected chi connectivity index (χ2v) is 8.01. The molecule has 2 rings (SSSR count). The van der Waals surface area contributed by atoms with Crippen molar-refractivity contribution in [2.75, 3.05) is 0 Å². The summed E-state index contributed by atoms with van der Waals surface area (Å²) >= 11 is 5.24. The van der Waals surface area contributed by atoms with Crippen LogP contribution in [0.1, 0.15) is 46.0 Å². The van der Waals surface area contributed by atoms with Crippen LogP contribution in [0.2, 0.25) is 0 Å². The van der Waals surface area contributed by atoms with E-state index in [-0.39, 0.29) is 18.3 Å². The van der Waals surface area contributed by atoms with Crippen LogP contribution in [0.5, 0.6) is 0 Å². The van der Waals surface area contributed by atoms with Gasteiger partial charge in [-0.2, -0.15) is 0 Å². The first-order chi connectivity index (χ1) is 8.27. The van der Waals surface area contributed by atoms with Crippen LogP contribution in [0, 0.1) is 0 Å². The van der Waals surface area contributed by atoms with Crippen molar-refractivity contribution in [2.45, 2.75) is 58.7 Å². The van der Waals surface area contributed by atoms with Crippen molar-refractivity contribution in [2.24, 2.45) is 0 Å². The lowest BCUT2D eigenvalue weighted by molar-refractivity contribution is 0.00578. The SMILES string of the molecule is CCCc1nc(B2OC(C)(C)C(C)(C)O2)c(Br)s1. The Labute approximate surface area is 122 Å². The average Bonchev–Trinajstić information content (AvgIpc) is 2.66. The van der Waals surface area contributed by atoms with Gasteiger partial charge in [0.25, 0.3) is 0 Å². The molecule has 0 amide bonds. The molecule has 0 unspecified atom stereocenters. The molecule has 0 N–H and O–H groups in total. The molecule has 0 saturated carbocycles. The third-order valence-electron chi connectivity index (χ3n) is 3.59. The second kappa shape index (κ2) is 4.89. The van der Waals surface area contributed by atoms with Gasteiger partial charge in [0.2, 0.25) is 0 Å². The minimum Gasteiger partial charge on any atom is -0.398 e. The van der Waals surface area contributed by atoms with Gasteiger partial charge in [-0.1, -0.05) is 6.92 Å². The minimum absolute atomic E-state index is 0.314. The van der Waals surface area contributed by atoms with E-state index in [1.807, 2.05) is 0 Å². The van der Waals surface area contributed by atoms with Crippen molar-refractivity contribution in [3.63, 3.8) is 0 Å². The van der Waals surface area contributed by atoms with Gasteiger partial charge in [0.05, 0.1) is 25.6 Å². The van der Waals surface area contributed by atoms with Crippen LogP contribution >= 0.6 is 27.3 Å². The molecule has 0 aliphatic carbocycles. The molecule has 0 atom stereocenters. The second-order valence-electron chi connectivity index (χ2n) is 5.60. The highest BCUT2D eigenvalue weighted by atomic mass is 79.9. The number of nitrogens with zero attached hydrogens (tertiary/aromatic N) is 1. The standard InChI is InChI=1S/C12H19BBrNO2S/c1-6-7-8-15-9(10(14)18-8)13-16-11(2,3)12(4,5)17-13/h6-7H2,1-5H3. The summed E-state index contributed by atoms with van der Waals surface area (Å²) in [6.45, 7) is 10.4. The minimum atomic E-state index is -0.369. The summed E-state index contributed by atoms with van der Waals surface area (Å²) in [5.74, 6) is 0. The first-order valence-electron chi connectivity index (χ1n) is 6.27. The first-order valence-corrected chi connectivity index (χ1v) is 7.88. The molecule has 3 nitrogen and oxygen atoms in total. The van der Waals surface area contributed by atoms with Crippen molar-refractivity contribution in [3.8, 4) is 0 Å². The Kier molecular flexibility index (Phi) is 3.94. The number of aromatic nitrogens is 1. The van der Waals surface area contributed by atoms with E-state index in [4.69, 9.17) is 9.31 Å². The van der Waals surface area contributed by atoms with Crippen LogP contribution in [-0.4, -0.2) is 23.3 Å². The molecule has 100 valence electrons. The number of hydrogen-bond acceptors (Lipinski definition) is 4. The summed E-state index contributed by atoms with van der Waals surface area (Å²) in [6.07, 6.45) is 2.10. The molecule has 6 heteroatoms. The Morgan fingerprint density at radius 1 is 1.22 bits per heavy atom. The van der Waals surface area contributed by atoms with Gasteiger partial charge in [-0.15, -0.1) is 11.3 Å². The summed E-state index contributed by atoms with van der Waals surface area (Å²) in [6, 6.07) is 0. The third kappa shape index (κ3) is 2.53. The van der Waals surface area contributed by atoms with E-state index in [1.54, 1.807) is 11.3 Å². The molecular formula is C12H19BBrNO2S. The van der Waals surface area contributed by atoms with Gasteiger partial charge in [-0.05, 0) is 56.5 Å². The van der Waals surface area contributed by atoms with E-state index in [0.717, 1.165) is 27.2 Å². The highest BCUT2D eigenvalue weighted by Crippen LogP contribution is 2.37. The van der Waals surface area contributed by atoms with Crippen LogP contribution in [-0.2, 0) is 15.7 Å². The van der Waals surface area contributed by atoms with Gasteiger partial charge in [0.1, 0.15) is 0 Å². The Morgan fingerprint density at radius 2 is 1.78 bits per heavy atom. The third-order valence-corrected chi connectivity index (χ3v) is 5.41. The zero-order chi connectivity index (χ0) is 13.6. The highest BCUT2D eigenvalue weighted by Gasteiger charge is 2.53. The Bertz CT molecular complexity index is 431. The van der Waals surface area contributed by atoms with E-state index < -0.39 is 0 Å². The largest absolute Gasteiger partial charge is 0.516 e. The summed E-state index contributed by atoms with van der Waals surface area (Å²) in [4.78, 5) is 4.63. The molecule has 1 aliphatic rings. The molecule has 1 aromatic heterocycles. The smallest absolute Gasteiger partial charge is 0.398 e. The van der Waals surface area contributed by atoms with Crippen molar-refractivity contribution in [1.82, 2.24) is 4.98 Å². The van der Waals surface area contributed by atoms with Crippen molar-refractivity contribution < 1.29 is 9.31 Å². The lowest BCUT2D eigenvalue weighted by Crippen LogP contribution is -2.41. The Balaban J connectivity index is 2.24. The van der Waals surface area contributed by atoms with Crippen molar-refractivity contribution in [3.05, 3.63) is 8.79 Å². The zero-order valence-corrected chi connectivity index (χ0v) is 13.9. The number of rotatable bonds is 3. The first kappa shape index (κ1) is 14.5. The van der Waals surface area contributed by atoms with Gasteiger partial charge < -0.3 is 9.31 Å². The van der Waals surface area contributed by atoms with Gasteiger partial charge in [-0.3, -0.25) is 0 Å². The maximum absolute atomic E-state index is 6.01. The summed E-state index contributed by atoms with van der Waals surface area (Å²) in [7, 11) is -0.369. The predicted octanol–water partition coefficient (Wildman–Crippen LogP) is 3.16. The lowest BCUT2D eigenvalue weighted by Gasteiger charge is -2.32. The Hall–Kier alpha value is 0.0949. The highest BCUT2D eigenvalue weighted by molar-refractivity contribution is 9.11. The van der Waals surface area contributed by atoms with Crippen LogP contribution in [0.4, 0.5) is 0 Å².